The lowest BCUT2D eigenvalue weighted by atomic mass is 9.84. The van der Waals surface area contributed by atoms with Crippen LogP contribution in [0.5, 0.6) is 5.75 Å². The molecule has 3 rings (SSSR count). The van der Waals surface area contributed by atoms with Gasteiger partial charge in [0.15, 0.2) is 11.4 Å². The van der Waals surface area contributed by atoms with Gasteiger partial charge in [-0.1, -0.05) is 38.0 Å². The fraction of sp³-hybridized carbons (Fsp3) is 0.500. The number of para-hydroxylation sites is 1. The molecule has 1 heterocycles. The number of carbonyl (C=O) groups excluding carboxylic acids is 1. The average Bonchev–Trinajstić information content (AvgIpc) is 3.12. The predicted octanol–water partition coefficient (Wildman–Crippen LogP) is 2.91. The van der Waals surface area contributed by atoms with Gasteiger partial charge >= 0.3 is 0 Å². The molecule has 0 bridgehead atoms. The van der Waals surface area contributed by atoms with Crippen LogP contribution in [0.15, 0.2) is 36.5 Å². The molecular weight excluding hydrogens is 328 g/mol. The van der Waals surface area contributed by atoms with Gasteiger partial charge in [-0.15, -0.1) is 0 Å². The summed E-state index contributed by atoms with van der Waals surface area (Å²) in [7, 11) is 0. The molecular formula is C20H28N4O2. The van der Waals surface area contributed by atoms with Crippen LogP contribution in [-0.2, 0) is 0 Å². The van der Waals surface area contributed by atoms with Crippen LogP contribution >= 0.6 is 0 Å². The van der Waals surface area contributed by atoms with Crippen molar-refractivity contribution in [3.05, 3.63) is 42.2 Å². The zero-order valence-electron chi connectivity index (χ0n) is 15.4. The van der Waals surface area contributed by atoms with Gasteiger partial charge in [-0.2, -0.15) is 5.10 Å². The van der Waals surface area contributed by atoms with E-state index in [1.54, 1.807) is 10.9 Å². The highest BCUT2D eigenvalue weighted by Gasteiger charge is 2.28. The van der Waals surface area contributed by atoms with Gasteiger partial charge in [0.1, 0.15) is 0 Å². The fourth-order valence-corrected chi connectivity index (χ4v) is 3.46. The van der Waals surface area contributed by atoms with Gasteiger partial charge in [0.05, 0.1) is 18.5 Å². The van der Waals surface area contributed by atoms with Crippen molar-refractivity contribution in [1.29, 1.82) is 0 Å². The summed E-state index contributed by atoms with van der Waals surface area (Å²) in [4.78, 5) is 12.9. The Morgan fingerprint density at radius 3 is 2.81 bits per heavy atom. The number of nitrogens with one attached hydrogen (secondary N) is 1. The summed E-state index contributed by atoms with van der Waals surface area (Å²) in [6.45, 7) is 3.19. The third-order valence-electron chi connectivity index (χ3n) is 4.91. The molecule has 26 heavy (non-hydrogen) atoms. The summed E-state index contributed by atoms with van der Waals surface area (Å²) in [5, 5.41) is 7.64. The Morgan fingerprint density at radius 2 is 2.08 bits per heavy atom. The normalized spacial score (nSPS) is 19.9. The van der Waals surface area contributed by atoms with Gasteiger partial charge in [0, 0.05) is 6.04 Å². The molecule has 6 nitrogen and oxygen atoms in total. The Bertz CT molecular complexity index is 714. The Hall–Kier alpha value is -2.34. The molecule has 1 aromatic carbocycles. The maximum atomic E-state index is 12.9. The van der Waals surface area contributed by atoms with Crippen molar-refractivity contribution in [3.8, 4) is 11.4 Å². The molecule has 1 saturated carbocycles. The smallest absolute Gasteiger partial charge is 0.275 e. The van der Waals surface area contributed by atoms with Crippen LogP contribution in [0.25, 0.3) is 5.69 Å². The highest BCUT2D eigenvalue weighted by atomic mass is 16.5. The second-order valence-electron chi connectivity index (χ2n) is 6.83. The maximum absolute atomic E-state index is 12.9. The summed E-state index contributed by atoms with van der Waals surface area (Å²) < 4.78 is 7.48. The van der Waals surface area contributed by atoms with Crippen molar-refractivity contribution in [2.75, 3.05) is 13.2 Å². The van der Waals surface area contributed by atoms with E-state index in [0.29, 0.717) is 30.5 Å². The number of aromatic nitrogens is 2. The minimum absolute atomic E-state index is 0.113. The predicted molar refractivity (Wildman–Crippen MR) is 102 cm³/mol. The second kappa shape index (κ2) is 8.85. The Morgan fingerprint density at radius 1 is 1.31 bits per heavy atom. The standard InChI is InChI=1S/C20H28N4O2/c1-2-12-26-18-14-24(16-9-4-3-5-10-16)23-19(18)20(25)22-17-11-7-6-8-15(17)13-21/h3-5,9-10,14-15,17H,2,6-8,11-13,21H2,1H3,(H,22,25). The first-order valence-corrected chi connectivity index (χ1v) is 9.51. The first kappa shape index (κ1) is 18.5. The number of amides is 1. The monoisotopic (exact) mass is 356 g/mol. The number of hydrogen-bond donors (Lipinski definition) is 2. The molecule has 0 spiro atoms. The molecule has 1 aliphatic rings. The van der Waals surface area contributed by atoms with Crippen molar-refractivity contribution in [1.82, 2.24) is 15.1 Å². The Balaban J connectivity index is 1.82. The first-order valence-electron chi connectivity index (χ1n) is 9.51. The number of nitrogens with zero attached hydrogens (tertiary/aromatic N) is 2. The van der Waals surface area contributed by atoms with Crippen LogP contribution in [0.4, 0.5) is 0 Å². The van der Waals surface area contributed by atoms with Crippen molar-refractivity contribution < 1.29 is 9.53 Å². The van der Waals surface area contributed by atoms with Crippen molar-refractivity contribution in [3.63, 3.8) is 0 Å². The summed E-state index contributed by atoms with van der Waals surface area (Å²) in [5.74, 6) is 0.674. The molecule has 1 aliphatic carbocycles. The van der Waals surface area contributed by atoms with Gasteiger partial charge in [-0.05, 0) is 43.9 Å². The molecule has 1 fully saturated rings. The molecule has 6 heteroatoms. The van der Waals surface area contributed by atoms with E-state index in [9.17, 15) is 4.79 Å². The lowest BCUT2D eigenvalue weighted by Crippen LogP contribution is -2.44. The summed E-state index contributed by atoms with van der Waals surface area (Å²) >= 11 is 0. The molecule has 1 aromatic heterocycles. The van der Waals surface area contributed by atoms with Crippen molar-refractivity contribution in [2.24, 2.45) is 11.7 Å². The second-order valence-corrected chi connectivity index (χ2v) is 6.83. The highest BCUT2D eigenvalue weighted by Crippen LogP contribution is 2.25. The number of benzene rings is 1. The topological polar surface area (TPSA) is 82.2 Å². The fourth-order valence-electron chi connectivity index (χ4n) is 3.46. The van der Waals surface area contributed by atoms with Gasteiger partial charge in [-0.25, -0.2) is 4.68 Å². The molecule has 1 amide bonds. The minimum atomic E-state index is -0.184. The largest absolute Gasteiger partial charge is 0.489 e. The van der Waals surface area contributed by atoms with Crippen LogP contribution in [-0.4, -0.2) is 34.9 Å². The van der Waals surface area contributed by atoms with E-state index >= 15 is 0 Å². The van der Waals surface area contributed by atoms with E-state index in [1.807, 2.05) is 37.3 Å². The lowest BCUT2D eigenvalue weighted by Gasteiger charge is -2.31. The van der Waals surface area contributed by atoms with Crippen LogP contribution in [0.3, 0.4) is 0 Å². The molecule has 0 saturated heterocycles. The Labute approximate surface area is 154 Å². The van der Waals surface area contributed by atoms with E-state index in [1.165, 1.54) is 6.42 Å². The van der Waals surface area contributed by atoms with E-state index in [-0.39, 0.29) is 11.9 Å². The van der Waals surface area contributed by atoms with Crippen molar-refractivity contribution in [2.45, 2.75) is 45.1 Å². The number of hydrogen-bond acceptors (Lipinski definition) is 4. The van der Waals surface area contributed by atoms with Gasteiger partial charge in [0.25, 0.3) is 5.91 Å². The van der Waals surface area contributed by atoms with E-state index in [0.717, 1.165) is 31.4 Å². The molecule has 2 unspecified atom stereocenters. The van der Waals surface area contributed by atoms with Crippen LogP contribution in [0, 0.1) is 5.92 Å². The Kier molecular flexibility index (Phi) is 6.28. The summed E-state index contributed by atoms with van der Waals surface area (Å²) in [5.41, 5.74) is 7.12. The number of carbonyl (C=O) groups is 1. The molecule has 2 aromatic rings. The molecule has 140 valence electrons. The number of ether oxygens (including phenoxy) is 1. The average molecular weight is 356 g/mol. The molecule has 3 N–H and O–H groups in total. The lowest BCUT2D eigenvalue weighted by molar-refractivity contribution is 0.0898. The third-order valence-corrected chi connectivity index (χ3v) is 4.91. The first-order chi connectivity index (χ1) is 12.7. The van der Waals surface area contributed by atoms with Crippen LogP contribution in [0.2, 0.25) is 0 Å². The number of nitrogens with two attached hydrogens (primary N) is 1. The van der Waals surface area contributed by atoms with Crippen molar-refractivity contribution >= 4 is 5.91 Å². The van der Waals surface area contributed by atoms with Gasteiger partial charge in [0.2, 0.25) is 0 Å². The zero-order chi connectivity index (χ0) is 18.4. The number of rotatable bonds is 7. The van der Waals surface area contributed by atoms with Crippen LogP contribution < -0.4 is 15.8 Å². The van der Waals surface area contributed by atoms with E-state index in [4.69, 9.17) is 10.5 Å². The van der Waals surface area contributed by atoms with E-state index in [2.05, 4.69) is 10.4 Å². The SMILES string of the molecule is CCCOc1cn(-c2ccccc2)nc1C(=O)NC1CCCCC1CN. The zero-order valence-corrected chi connectivity index (χ0v) is 15.4. The maximum Gasteiger partial charge on any atom is 0.275 e. The van der Waals surface area contributed by atoms with E-state index < -0.39 is 0 Å². The third kappa shape index (κ3) is 4.25. The van der Waals surface area contributed by atoms with Gasteiger partial charge < -0.3 is 15.8 Å². The summed E-state index contributed by atoms with van der Waals surface area (Å²) in [6, 6.07) is 9.84. The van der Waals surface area contributed by atoms with Gasteiger partial charge in [-0.3, -0.25) is 4.79 Å². The molecule has 0 aliphatic heterocycles. The highest BCUT2D eigenvalue weighted by molar-refractivity contribution is 5.95. The minimum Gasteiger partial charge on any atom is -0.489 e. The van der Waals surface area contributed by atoms with Crippen LogP contribution in [0.1, 0.15) is 49.5 Å². The molecule has 0 radical (unpaired) electrons. The quantitative estimate of drug-likeness (QED) is 0.799. The molecule has 2 atom stereocenters. The summed E-state index contributed by atoms with van der Waals surface area (Å²) in [6.07, 6.45) is 6.99.